The highest BCUT2D eigenvalue weighted by atomic mass is 32.2. The smallest absolute Gasteiger partial charge is 0.309 e. The SMILES string of the molecule is CCOC(=O)C1CCN(C(=O)[C@H](C)NS(=O)(=O)c2ccc(C)cc2)CC1. The second kappa shape index (κ2) is 8.64. The van der Waals surface area contributed by atoms with Crippen LogP contribution < -0.4 is 4.72 Å². The van der Waals surface area contributed by atoms with Crippen molar-refractivity contribution in [3.8, 4) is 0 Å². The van der Waals surface area contributed by atoms with E-state index < -0.39 is 16.1 Å². The Morgan fingerprint density at radius 3 is 2.35 bits per heavy atom. The number of benzene rings is 1. The topological polar surface area (TPSA) is 92.8 Å². The first kappa shape index (κ1) is 20.4. The molecule has 1 atom stereocenters. The number of esters is 1. The fraction of sp³-hybridized carbons (Fsp3) is 0.556. The first-order chi connectivity index (χ1) is 12.2. The molecule has 8 heteroatoms. The van der Waals surface area contributed by atoms with E-state index in [9.17, 15) is 18.0 Å². The zero-order chi connectivity index (χ0) is 19.3. The first-order valence-electron chi connectivity index (χ1n) is 8.79. The van der Waals surface area contributed by atoms with E-state index >= 15 is 0 Å². The minimum atomic E-state index is -3.76. The van der Waals surface area contributed by atoms with E-state index in [0.717, 1.165) is 5.56 Å². The fourth-order valence-corrected chi connectivity index (χ4v) is 4.13. The summed E-state index contributed by atoms with van der Waals surface area (Å²) >= 11 is 0. The van der Waals surface area contributed by atoms with Crippen molar-refractivity contribution in [3.63, 3.8) is 0 Å². The highest BCUT2D eigenvalue weighted by Gasteiger charge is 2.31. The molecule has 0 aromatic heterocycles. The molecule has 1 aliphatic heterocycles. The number of nitrogens with zero attached hydrogens (tertiary/aromatic N) is 1. The van der Waals surface area contributed by atoms with Crippen LogP contribution in [-0.2, 0) is 24.3 Å². The van der Waals surface area contributed by atoms with Gasteiger partial charge in [-0.15, -0.1) is 0 Å². The van der Waals surface area contributed by atoms with Crippen LogP contribution in [0.4, 0.5) is 0 Å². The third-order valence-electron chi connectivity index (χ3n) is 4.46. The highest BCUT2D eigenvalue weighted by molar-refractivity contribution is 7.89. The highest BCUT2D eigenvalue weighted by Crippen LogP contribution is 2.19. The van der Waals surface area contributed by atoms with Crippen molar-refractivity contribution in [2.75, 3.05) is 19.7 Å². The van der Waals surface area contributed by atoms with Crippen LogP contribution in [0.5, 0.6) is 0 Å². The molecule has 26 heavy (non-hydrogen) atoms. The van der Waals surface area contributed by atoms with Crippen molar-refractivity contribution in [2.24, 2.45) is 5.92 Å². The van der Waals surface area contributed by atoms with Crippen LogP contribution in [0.2, 0.25) is 0 Å². The summed E-state index contributed by atoms with van der Waals surface area (Å²) in [7, 11) is -3.76. The maximum absolute atomic E-state index is 12.5. The summed E-state index contributed by atoms with van der Waals surface area (Å²) < 4.78 is 32.3. The van der Waals surface area contributed by atoms with Crippen molar-refractivity contribution in [2.45, 2.75) is 44.6 Å². The molecule has 1 aromatic carbocycles. The second-order valence-electron chi connectivity index (χ2n) is 6.51. The molecule has 0 saturated carbocycles. The number of likely N-dealkylation sites (tertiary alicyclic amines) is 1. The van der Waals surface area contributed by atoms with Gasteiger partial charge in [-0.2, -0.15) is 4.72 Å². The lowest BCUT2D eigenvalue weighted by molar-refractivity contribution is -0.151. The van der Waals surface area contributed by atoms with E-state index in [2.05, 4.69) is 4.72 Å². The summed E-state index contributed by atoms with van der Waals surface area (Å²) in [4.78, 5) is 26.0. The van der Waals surface area contributed by atoms with Crippen molar-refractivity contribution in [1.29, 1.82) is 0 Å². The number of piperidine rings is 1. The van der Waals surface area contributed by atoms with Crippen LogP contribution in [0.15, 0.2) is 29.2 Å². The lowest BCUT2D eigenvalue weighted by atomic mass is 9.96. The Bertz CT molecular complexity index is 737. The maximum Gasteiger partial charge on any atom is 0.309 e. The van der Waals surface area contributed by atoms with Gasteiger partial charge in [-0.1, -0.05) is 17.7 Å². The molecule has 1 fully saturated rings. The molecular formula is C18H26N2O5S. The molecule has 1 saturated heterocycles. The van der Waals surface area contributed by atoms with E-state index in [1.165, 1.54) is 19.1 Å². The monoisotopic (exact) mass is 382 g/mol. The molecule has 7 nitrogen and oxygen atoms in total. The number of sulfonamides is 1. The van der Waals surface area contributed by atoms with Crippen molar-refractivity contribution >= 4 is 21.9 Å². The molecule has 0 unspecified atom stereocenters. The molecular weight excluding hydrogens is 356 g/mol. The second-order valence-corrected chi connectivity index (χ2v) is 8.22. The molecule has 0 spiro atoms. The van der Waals surface area contributed by atoms with Crippen LogP contribution in [0.25, 0.3) is 0 Å². The molecule has 1 aromatic rings. The third kappa shape index (κ3) is 5.04. The summed E-state index contributed by atoms with van der Waals surface area (Å²) in [6.07, 6.45) is 1.06. The Morgan fingerprint density at radius 2 is 1.81 bits per heavy atom. The minimum Gasteiger partial charge on any atom is -0.466 e. The van der Waals surface area contributed by atoms with Crippen molar-refractivity contribution in [1.82, 2.24) is 9.62 Å². The van der Waals surface area contributed by atoms with Crippen molar-refractivity contribution in [3.05, 3.63) is 29.8 Å². The first-order valence-corrected chi connectivity index (χ1v) is 10.3. The number of amides is 1. The van der Waals surface area contributed by atoms with Crippen LogP contribution in [-0.4, -0.2) is 50.9 Å². The van der Waals surface area contributed by atoms with Crippen LogP contribution in [0, 0.1) is 12.8 Å². The van der Waals surface area contributed by atoms with Gasteiger partial charge in [0.15, 0.2) is 0 Å². The van der Waals surface area contributed by atoms with Gasteiger partial charge in [0.05, 0.1) is 23.5 Å². The van der Waals surface area contributed by atoms with Gasteiger partial charge in [0.1, 0.15) is 0 Å². The number of carbonyl (C=O) groups is 2. The van der Waals surface area contributed by atoms with Gasteiger partial charge in [0, 0.05) is 13.1 Å². The van der Waals surface area contributed by atoms with Gasteiger partial charge in [-0.25, -0.2) is 8.42 Å². The average Bonchev–Trinajstić information content (AvgIpc) is 2.61. The van der Waals surface area contributed by atoms with Gasteiger partial charge < -0.3 is 9.64 Å². The summed E-state index contributed by atoms with van der Waals surface area (Å²) in [5.74, 6) is -0.714. The fourth-order valence-electron chi connectivity index (χ4n) is 2.94. The van der Waals surface area contributed by atoms with E-state index in [-0.39, 0.29) is 22.7 Å². The molecule has 0 aliphatic carbocycles. The Kier molecular flexibility index (Phi) is 6.77. The Morgan fingerprint density at radius 1 is 1.23 bits per heavy atom. The van der Waals surface area contributed by atoms with Crippen LogP contribution >= 0.6 is 0 Å². The molecule has 2 rings (SSSR count). The number of carbonyl (C=O) groups excluding carboxylic acids is 2. The average molecular weight is 382 g/mol. The van der Waals surface area contributed by atoms with Gasteiger partial charge in [0.2, 0.25) is 15.9 Å². The molecule has 1 aliphatic rings. The predicted octanol–water partition coefficient (Wildman–Crippen LogP) is 1.46. The van der Waals surface area contributed by atoms with Crippen LogP contribution in [0.1, 0.15) is 32.3 Å². The van der Waals surface area contributed by atoms with Gasteiger partial charge in [-0.3, -0.25) is 9.59 Å². The number of nitrogens with one attached hydrogen (secondary N) is 1. The molecule has 0 bridgehead atoms. The molecule has 144 valence electrons. The Balaban J connectivity index is 1.93. The van der Waals surface area contributed by atoms with E-state index in [1.807, 2.05) is 6.92 Å². The number of rotatable bonds is 6. The summed E-state index contributed by atoms with van der Waals surface area (Å²) in [6.45, 7) is 6.34. The van der Waals surface area contributed by atoms with Crippen molar-refractivity contribution < 1.29 is 22.7 Å². The summed E-state index contributed by atoms with van der Waals surface area (Å²) in [5.41, 5.74) is 0.956. The van der Waals surface area contributed by atoms with E-state index in [4.69, 9.17) is 4.74 Å². The summed E-state index contributed by atoms with van der Waals surface area (Å²) in [6, 6.07) is 5.57. The standard InChI is InChI=1S/C18H26N2O5S/c1-4-25-18(22)15-9-11-20(12-10-15)17(21)14(3)19-26(23,24)16-7-5-13(2)6-8-16/h5-8,14-15,19H,4,9-12H2,1-3H3/t14-/m0/s1. The quantitative estimate of drug-likeness (QED) is 0.752. The zero-order valence-electron chi connectivity index (χ0n) is 15.4. The Hall–Kier alpha value is -1.93. The molecule has 1 N–H and O–H groups in total. The number of aryl methyl sites for hydroxylation is 1. The summed E-state index contributed by atoms with van der Waals surface area (Å²) in [5, 5.41) is 0. The largest absolute Gasteiger partial charge is 0.466 e. The number of hydrogen-bond donors (Lipinski definition) is 1. The number of ether oxygens (including phenoxy) is 1. The Labute approximate surface area is 154 Å². The normalized spacial score (nSPS) is 17.0. The molecule has 1 amide bonds. The van der Waals surface area contributed by atoms with Crippen LogP contribution in [0.3, 0.4) is 0 Å². The van der Waals surface area contributed by atoms with Gasteiger partial charge >= 0.3 is 5.97 Å². The minimum absolute atomic E-state index is 0.128. The molecule has 0 radical (unpaired) electrons. The number of hydrogen-bond acceptors (Lipinski definition) is 5. The molecule has 1 heterocycles. The van der Waals surface area contributed by atoms with E-state index in [1.54, 1.807) is 24.0 Å². The third-order valence-corrected chi connectivity index (χ3v) is 6.02. The lowest BCUT2D eigenvalue weighted by Gasteiger charge is -2.32. The van der Waals surface area contributed by atoms with E-state index in [0.29, 0.717) is 32.5 Å². The van der Waals surface area contributed by atoms with Gasteiger partial charge in [-0.05, 0) is 45.7 Å². The lowest BCUT2D eigenvalue weighted by Crippen LogP contribution is -2.49. The predicted molar refractivity (Wildman–Crippen MR) is 96.9 cm³/mol. The van der Waals surface area contributed by atoms with Gasteiger partial charge in [0.25, 0.3) is 0 Å². The maximum atomic E-state index is 12.5. The zero-order valence-corrected chi connectivity index (χ0v) is 16.2.